The summed E-state index contributed by atoms with van der Waals surface area (Å²) >= 11 is 0. The monoisotopic (exact) mass is 369 g/mol. The van der Waals surface area contributed by atoms with Crippen molar-refractivity contribution in [1.29, 1.82) is 0 Å². The molecule has 5 nitrogen and oxygen atoms in total. The molecule has 0 saturated carbocycles. The Morgan fingerprint density at radius 3 is 1.85 bits per heavy atom. The van der Waals surface area contributed by atoms with E-state index in [1.54, 1.807) is 17.8 Å². The standard InChI is InChI=1S/C20H23N3O2S/c1-3-22-16-20(17(2)21-22)26(24,25)23(14-18-10-6-4-7-11-18)15-19-12-8-5-9-13-19/h4-13,16H,3,14-15H2,1-2H3. The third-order valence-electron chi connectivity index (χ3n) is 4.25. The van der Waals surface area contributed by atoms with Crippen LogP contribution < -0.4 is 0 Å². The van der Waals surface area contributed by atoms with Crippen molar-refractivity contribution in [2.45, 2.75) is 38.4 Å². The number of hydrogen-bond acceptors (Lipinski definition) is 3. The van der Waals surface area contributed by atoms with Crippen LogP contribution in [0.5, 0.6) is 0 Å². The molecule has 0 atom stereocenters. The predicted molar refractivity (Wildman–Crippen MR) is 102 cm³/mol. The van der Waals surface area contributed by atoms with Crippen LogP contribution in [0, 0.1) is 6.92 Å². The molecule has 2 aromatic carbocycles. The van der Waals surface area contributed by atoms with E-state index in [4.69, 9.17) is 0 Å². The fraction of sp³-hybridized carbons (Fsp3) is 0.250. The van der Waals surface area contributed by atoms with E-state index in [-0.39, 0.29) is 4.90 Å². The Labute approximate surface area is 154 Å². The molecule has 1 heterocycles. The molecule has 0 bridgehead atoms. The zero-order valence-electron chi connectivity index (χ0n) is 15.0. The van der Waals surface area contributed by atoms with Gasteiger partial charge in [0.1, 0.15) is 4.90 Å². The predicted octanol–water partition coefficient (Wildman–Crippen LogP) is 3.60. The van der Waals surface area contributed by atoms with Crippen molar-refractivity contribution in [3.8, 4) is 0 Å². The first kappa shape index (κ1) is 18.4. The Morgan fingerprint density at radius 2 is 1.42 bits per heavy atom. The molecule has 3 rings (SSSR count). The summed E-state index contributed by atoms with van der Waals surface area (Å²) < 4.78 is 29.9. The third-order valence-corrected chi connectivity index (χ3v) is 6.14. The summed E-state index contributed by atoms with van der Waals surface area (Å²) in [5, 5.41) is 4.30. The fourth-order valence-electron chi connectivity index (χ4n) is 2.85. The molecule has 0 aliphatic carbocycles. The average molecular weight is 369 g/mol. The first-order valence-corrected chi connectivity index (χ1v) is 10.1. The molecule has 0 unspecified atom stereocenters. The topological polar surface area (TPSA) is 55.2 Å². The maximum Gasteiger partial charge on any atom is 0.247 e. The van der Waals surface area contributed by atoms with Gasteiger partial charge in [0.15, 0.2) is 0 Å². The minimum absolute atomic E-state index is 0.270. The summed E-state index contributed by atoms with van der Waals surface area (Å²) in [6.45, 7) is 4.94. The van der Waals surface area contributed by atoms with Crippen LogP contribution in [-0.4, -0.2) is 22.5 Å². The average Bonchev–Trinajstić information content (AvgIpc) is 3.05. The second-order valence-corrected chi connectivity index (χ2v) is 8.09. The summed E-state index contributed by atoms with van der Waals surface area (Å²) in [7, 11) is -3.67. The molecular formula is C20H23N3O2S. The molecule has 26 heavy (non-hydrogen) atoms. The lowest BCUT2D eigenvalue weighted by molar-refractivity contribution is 0.401. The number of rotatable bonds is 7. The molecular weight excluding hydrogens is 346 g/mol. The van der Waals surface area contributed by atoms with E-state index in [1.807, 2.05) is 67.6 Å². The van der Waals surface area contributed by atoms with E-state index < -0.39 is 10.0 Å². The Balaban J connectivity index is 1.99. The van der Waals surface area contributed by atoms with Gasteiger partial charge in [-0.1, -0.05) is 60.7 Å². The maximum absolute atomic E-state index is 13.4. The molecule has 0 amide bonds. The lowest BCUT2D eigenvalue weighted by Crippen LogP contribution is -2.30. The molecule has 0 aliphatic rings. The number of aryl methyl sites for hydroxylation is 2. The minimum Gasteiger partial charge on any atom is -0.271 e. The molecule has 0 radical (unpaired) electrons. The Kier molecular flexibility index (Phi) is 5.54. The summed E-state index contributed by atoms with van der Waals surface area (Å²) in [6, 6.07) is 19.3. The van der Waals surface area contributed by atoms with Gasteiger partial charge in [0, 0.05) is 25.8 Å². The van der Waals surface area contributed by atoms with Crippen LogP contribution >= 0.6 is 0 Å². The highest BCUT2D eigenvalue weighted by Crippen LogP contribution is 2.23. The molecule has 0 saturated heterocycles. The second kappa shape index (κ2) is 7.85. The Bertz CT molecular complexity index is 910. The molecule has 0 fully saturated rings. The van der Waals surface area contributed by atoms with Crippen LogP contribution in [0.3, 0.4) is 0 Å². The second-order valence-electron chi connectivity index (χ2n) is 6.18. The van der Waals surface area contributed by atoms with Crippen molar-refractivity contribution >= 4 is 10.0 Å². The zero-order chi connectivity index (χ0) is 18.6. The molecule has 136 valence electrons. The van der Waals surface area contributed by atoms with Gasteiger partial charge in [0.2, 0.25) is 10.0 Å². The van der Waals surface area contributed by atoms with E-state index in [0.29, 0.717) is 25.3 Å². The van der Waals surface area contributed by atoms with Gasteiger partial charge >= 0.3 is 0 Å². The van der Waals surface area contributed by atoms with Crippen LogP contribution in [0.25, 0.3) is 0 Å². The molecule has 0 spiro atoms. The Morgan fingerprint density at radius 1 is 0.923 bits per heavy atom. The maximum atomic E-state index is 13.4. The number of benzene rings is 2. The van der Waals surface area contributed by atoms with Crippen molar-refractivity contribution < 1.29 is 8.42 Å². The van der Waals surface area contributed by atoms with Crippen molar-refractivity contribution in [2.24, 2.45) is 0 Å². The number of hydrogen-bond donors (Lipinski definition) is 0. The highest BCUT2D eigenvalue weighted by Gasteiger charge is 2.28. The fourth-order valence-corrected chi connectivity index (χ4v) is 4.44. The molecule has 1 aromatic heterocycles. The highest BCUT2D eigenvalue weighted by atomic mass is 32.2. The van der Waals surface area contributed by atoms with Gasteiger partial charge in [-0.25, -0.2) is 8.42 Å². The SMILES string of the molecule is CCn1cc(S(=O)(=O)N(Cc2ccccc2)Cc2ccccc2)c(C)n1. The van der Waals surface area contributed by atoms with Gasteiger partial charge in [0.05, 0.1) is 5.69 Å². The summed E-state index contributed by atoms with van der Waals surface area (Å²) in [5.41, 5.74) is 2.43. The molecule has 0 N–H and O–H groups in total. The van der Waals surface area contributed by atoms with Crippen molar-refractivity contribution in [1.82, 2.24) is 14.1 Å². The van der Waals surface area contributed by atoms with Crippen molar-refractivity contribution in [3.05, 3.63) is 83.7 Å². The first-order chi connectivity index (χ1) is 12.5. The third kappa shape index (κ3) is 4.03. The zero-order valence-corrected chi connectivity index (χ0v) is 15.9. The highest BCUT2D eigenvalue weighted by molar-refractivity contribution is 7.89. The molecule has 3 aromatic rings. The van der Waals surface area contributed by atoms with Gasteiger partial charge < -0.3 is 0 Å². The summed E-state index contributed by atoms with van der Waals surface area (Å²) in [5.74, 6) is 0. The Hall–Kier alpha value is -2.44. The van der Waals surface area contributed by atoms with Crippen LogP contribution in [0.1, 0.15) is 23.7 Å². The van der Waals surface area contributed by atoms with E-state index >= 15 is 0 Å². The minimum atomic E-state index is -3.67. The number of aromatic nitrogens is 2. The molecule has 0 aliphatic heterocycles. The van der Waals surface area contributed by atoms with Crippen LogP contribution in [0.2, 0.25) is 0 Å². The van der Waals surface area contributed by atoms with E-state index in [9.17, 15) is 8.42 Å². The lowest BCUT2D eigenvalue weighted by Gasteiger charge is -2.22. The number of nitrogens with zero attached hydrogens (tertiary/aromatic N) is 3. The van der Waals surface area contributed by atoms with Gasteiger partial charge in [-0.3, -0.25) is 4.68 Å². The van der Waals surface area contributed by atoms with Gasteiger partial charge in [-0.05, 0) is 25.0 Å². The van der Waals surface area contributed by atoms with E-state index in [0.717, 1.165) is 11.1 Å². The van der Waals surface area contributed by atoms with Gasteiger partial charge in [-0.15, -0.1) is 0 Å². The summed E-state index contributed by atoms with van der Waals surface area (Å²) in [4.78, 5) is 0.270. The van der Waals surface area contributed by atoms with Crippen LogP contribution in [0.15, 0.2) is 71.8 Å². The van der Waals surface area contributed by atoms with Crippen LogP contribution in [-0.2, 0) is 29.7 Å². The van der Waals surface area contributed by atoms with Gasteiger partial charge in [0.25, 0.3) is 0 Å². The largest absolute Gasteiger partial charge is 0.271 e. The molecule has 6 heteroatoms. The first-order valence-electron chi connectivity index (χ1n) is 8.62. The van der Waals surface area contributed by atoms with Crippen LogP contribution in [0.4, 0.5) is 0 Å². The number of sulfonamides is 1. The van der Waals surface area contributed by atoms with E-state index in [1.165, 1.54) is 4.31 Å². The van der Waals surface area contributed by atoms with Crippen molar-refractivity contribution in [2.75, 3.05) is 0 Å². The van der Waals surface area contributed by atoms with Crippen molar-refractivity contribution in [3.63, 3.8) is 0 Å². The normalized spacial score (nSPS) is 11.8. The lowest BCUT2D eigenvalue weighted by atomic mass is 10.2. The smallest absolute Gasteiger partial charge is 0.247 e. The summed E-state index contributed by atoms with van der Waals surface area (Å²) in [6.07, 6.45) is 1.62. The quantitative estimate of drug-likeness (QED) is 0.639. The van der Waals surface area contributed by atoms with Gasteiger partial charge in [-0.2, -0.15) is 9.40 Å². The van der Waals surface area contributed by atoms with E-state index in [2.05, 4.69) is 5.10 Å².